The first-order chi connectivity index (χ1) is 9.56. The van der Waals surface area contributed by atoms with Crippen LogP contribution in [0.4, 0.5) is 0 Å². The second-order valence-electron chi connectivity index (χ2n) is 5.54. The standard InChI is InChI=1S/C14H20N4OS/c1-8-9(2)20-14-12(8)13(19)16-11(17-14)7-18(3)10-4-5-15-6-10/h10,15H,4-7H2,1-3H3,(H,16,17,19). The molecule has 1 unspecified atom stereocenters. The summed E-state index contributed by atoms with van der Waals surface area (Å²) in [6, 6.07) is 0.530. The molecule has 0 radical (unpaired) electrons. The molecule has 0 saturated carbocycles. The maximum absolute atomic E-state index is 12.2. The van der Waals surface area contributed by atoms with Gasteiger partial charge in [-0.25, -0.2) is 4.98 Å². The molecule has 0 bridgehead atoms. The van der Waals surface area contributed by atoms with E-state index in [2.05, 4.69) is 27.2 Å². The summed E-state index contributed by atoms with van der Waals surface area (Å²) in [6.07, 6.45) is 1.15. The molecule has 2 aromatic rings. The number of nitrogens with one attached hydrogen (secondary N) is 2. The van der Waals surface area contributed by atoms with Gasteiger partial charge in [0.1, 0.15) is 10.7 Å². The third-order valence-electron chi connectivity index (χ3n) is 4.14. The number of nitrogens with zero attached hydrogens (tertiary/aromatic N) is 2. The maximum atomic E-state index is 12.2. The van der Waals surface area contributed by atoms with Crippen molar-refractivity contribution >= 4 is 21.6 Å². The van der Waals surface area contributed by atoms with Gasteiger partial charge in [-0.15, -0.1) is 11.3 Å². The van der Waals surface area contributed by atoms with Crippen molar-refractivity contribution in [1.29, 1.82) is 0 Å². The van der Waals surface area contributed by atoms with Crippen LogP contribution in [0.5, 0.6) is 0 Å². The van der Waals surface area contributed by atoms with Crippen molar-refractivity contribution in [1.82, 2.24) is 20.2 Å². The molecule has 1 atom stereocenters. The minimum absolute atomic E-state index is 0.00945. The van der Waals surface area contributed by atoms with Crippen LogP contribution in [0.25, 0.3) is 10.2 Å². The van der Waals surface area contributed by atoms with E-state index in [1.54, 1.807) is 11.3 Å². The Morgan fingerprint density at radius 2 is 2.25 bits per heavy atom. The molecular weight excluding hydrogens is 272 g/mol. The number of hydrogen-bond donors (Lipinski definition) is 2. The lowest BCUT2D eigenvalue weighted by Crippen LogP contribution is -2.34. The third-order valence-corrected chi connectivity index (χ3v) is 5.25. The fraction of sp³-hybridized carbons (Fsp3) is 0.571. The average Bonchev–Trinajstić information content (AvgIpc) is 2.99. The molecule has 0 aliphatic carbocycles. The Balaban J connectivity index is 1.90. The van der Waals surface area contributed by atoms with Crippen molar-refractivity contribution in [2.75, 3.05) is 20.1 Å². The van der Waals surface area contributed by atoms with Crippen LogP contribution in [-0.2, 0) is 6.54 Å². The van der Waals surface area contributed by atoms with E-state index in [1.165, 1.54) is 4.88 Å². The van der Waals surface area contributed by atoms with Crippen LogP contribution in [0.15, 0.2) is 4.79 Å². The summed E-state index contributed by atoms with van der Waals surface area (Å²) in [5.74, 6) is 0.762. The van der Waals surface area contributed by atoms with E-state index in [4.69, 9.17) is 0 Å². The largest absolute Gasteiger partial charge is 0.315 e. The third kappa shape index (κ3) is 2.39. The molecule has 6 heteroatoms. The number of aromatic amines is 1. The zero-order valence-corrected chi connectivity index (χ0v) is 12.9. The van der Waals surface area contributed by atoms with Gasteiger partial charge < -0.3 is 10.3 Å². The van der Waals surface area contributed by atoms with Gasteiger partial charge >= 0.3 is 0 Å². The van der Waals surface area contributed by atoms with Gasteiger partial charge in [0.15, 0.2) is 0 Å². The maximum Gasteiger partial charge on any atom is 0.259 e. The molecule has 0 aromatic carbocycles. The molecule has 0 amide bonds. The van der Waals surface area contributed by atoms with Crippen molar-refractivity contribution in [2.45, 2.75) is 32.9 Å². The second kappa shape index (κ2) is 5.27. The molecule has 0 spiro atoms. The van der Waals surface area contributed by atoms with E-state index in [0.717, 1.165) is 41.1 Å². The van der Waals surface area contributed by atoms with E-state index in [1.807, 2.05) is 13.8 Å². The van der Waals surface area contributed by atoms with Crippen LogP contribution in [0.2, 0.25) is 0 Å². The highest BCUT2D eigenvalue weighted by molar-refractivity contribution is 7.18. The van der Waals surface area contributed by atoms with Crippen LogP contribution in [0, 0.1) is 13.8 Å². The number of rotatable bonds is 3. The zero-order chi connectivity index (χ0) is 14.3. The van der Waals surface area contributed by atoms with Crippen LogP contribution in [-0.4, -0.2) is 41.0 Å². The Labute approximate surface area is 122 Å². The molecule has 2 N–H and O–H groups in total. The first kappa shape index (κ1) is 13.7. The summed E-state index contributed by atoms with van der Waals surface area (Å²) >= 11 is 1.60. The Kier molecular flexibility index (Phi) is 3.62. The first-order valence-electron chi connectivity index (χ1n) is 6.96. The summed E-state index contributed by atoms with van der Waals surface area (Å²) in [7, 11) is 2.09. The van der Waals surface area contributed by atoms with E-state index < -0.39 is 0 Å². The number of likely N-dealkylation sites (N-methyl/N-ethyl adjacent to an activating group) is 1. The van der Waals surface area contributed by atoms with Crippen molar-refractivity contribution in [3.05, 3.63) is 26.6 Å². The number of aromatic nitrogens is 2. The molecular formula is C14H20N4OS. The molecule has 2 aromatic heterocycles. The SMILES string of the molecule is Cc1sc2nc(CN(C)C3CCNC3)[nH]c(=O)c2c1C. The van der Waals surface area contributed by atoms with Crippen molar-refractivity contribution in [3.8, 4) is 0 Å². The molecule has 5 nitrogen and oxygen atoms in total. The molecule has 3 heterocycles. The molecule has 1 saturated heterocycles. The van der Waals surface area contributed by atoms with E-state index in [9.17, 15) is 4.79 Å². The smallest absolute Gasteiger partial charge is 0.259 e. The van der Waals surface area contributed by atoms with Gasteiger partial charge in [-0.3, -0.25) is 9.69 Å². The van der Waals surface area contributed by atoms with E-state index in [-0.39, 0.29) is 5.56 Å². The predicted octanol–water partition coefficient (Wildman–Crippen LogP) is 1.40. The molecule has 1 aliphatic rings. The van der Waals surface area contributed by atoms with Crippen LogP contribution in [0.1, 0.15) is 22.7 Å². The van der Waals surface area contributed by atoms with Gasteiger partial charge in [0.05, 0.1) is 11.9 Å². The molecule has 108 valence electrons. The summed E-state index contributed by atoms with van der Waals surface area (Å²) in [5.41, 5.74) is 1.04. The number of thiophene rings is 1. The Hall–Kier alpha value is -1.24. The molecule has 1 fully saturated rings. The lowest BCUT2D eigenvalue weighted by molar-refractivity contribution is 0.243. The van der Waals surface area contributed by atoms with Gasteiger partial charge in [-0.05, 0) is 39.4 Å². The first-order valence-corrected chi connectivity index (χ1v) is 7.77. The number of aryl methyl sites for hydroxylation is 2. The summed E-state index contributed by atoms with van der Waals surface area (Å²) in [6.45, 7) is 6.80. The molecule has 3 rings (SSSR count). The number of hydrogen-bond acceptors (Lipinski definition) is 5. The monoisotopic (exact) mass is 292 g/mol. The Bertz CT molecular complexity index is 684. The highest BCUT2D eigenvalue weighted by Crippen LogP contribution is 2.25. The number of fused-ring (bicyclic) bond motifs is 1. The van der Waals surface area contributed by atoms with E-state index >= 15 is 0 Å². The fourth-order valence-corrected chi connectivity index (χ4v) is 3.80. The van der Waals surface area contributed by atoms with Gasteiger partial charge in [-0.2, -0.15) is 0 Å². The molecule has 1 aliphatic heterocycles. The summed E-state index contributed by atoms with van der Waals surface area (Å²) in [4.78, 5) is 24.1. The number of H-pyrrole nitrogens is 1. The van der Waals surface area contributed by atoms with Crippen molar-refractivity contribution < 1.29 is 0 Å². The lowest BCUT2D eigenvalue weighted by atomic mass is 10.2. The van der Waals surface area contributed by atoms with E-state index in [0.29, 0.717) is 12.6 Å². The second-order valence-corrected chi connectivity index (χ2v) is 6.74. The Morgan fingerprint density at radius 1 is 1.45 bits per heavy atom. The highest BCUT2D eigenvalue weighted by Gasteiger charge is 2.20. The lowest BCUT2D eigenvalue weighted by Gasteiger charge is -2.22. The van der Waals surface area contributed by atoms with Crippen molar-refractivity contribution in [2.24, 2.45) is 0 Å². The zero-order valence-electron chi connectivity index (χ0n) is 12.1. The van der Waals surface area contributed by atoms with Crippen LogP contribution < -0.4 is 10.9 Å². The minimum Gasteiger partial charge on any atom is -0.315 e. The summed E-state index contributed by atoms with van der Waals surface area (Å²) < 4.78 is 0. The van der Waals surface area contributed by atoms with Gasteiger partial charge in [-0.1, -0.05) is 0 Å². The highest BCUT2D eigenvalue weighted by atomic mass is 32.1. The fourth-order valence-electron chi connectivity index (χ4n) is 2.76. The van der Waals surface area contributed by atoms with Crippen molar-refractivity contribution in [3.63, 3.8) is 0 Å². The van der Waals surface area contributed by atoms with Gasteiger partial charge in [0.2, 0.25) is 0 Å². The van der Waals surface area contributed by atoms with Crippen LogP contribution in [0.3, 0.4) is 0 Å². The van der Waals surface area contributed by atoms with Crippen LogP contribution >= 0.6 is 11.3 Å². The average molecular weight is 292 g/mol. The minimum atomic E-state index is -0.00945. The Morgan fingerprint density at radius 3 is 2.95 bits per heavy atom. The predicted molar refractivity (Wildman–Crippen MR) is 82.5 cm³/mol. The quantitative estimate of drug-likeness (QED) is 0.897. The normalized spacial score (nSPS) is 19.3. The molecule has 20 heavy (non-hydrogen) atoms. The van der Waals surface area contributed by atoms with Gasteiger partial charge in [0, 0.05) is 17.5 Å². The topological polar surface area (TPSA) is 61.0 Å². The van der Waals surface area contributed by atoms with Gasteiger partial charge in [0.25, 0.3) is 5.56 Å². The summed E-state index contributed by atoms with van der Waals surface area (Å²) in [5, 5.41) is 4.11.